The van der Waals surface area contributed by atoms with Gasteiger partial charge in [-0.1, -0.05) is 6.07 Å². The summed E-state index contributed by atoms with van der Waals surface area (Å²) in [7, 11) is 1.98. The second-order valence-electron chi connectivity index (χ2n) is 4.37. The molecule has 18 heavy (non-hydrogen) atoms. The zero-order valence-electron chi connectivity index (χ0n) is 10.9. The molecule has 0 radical (unpaired) electrons. The number of aliphatic hydroxyl groups is 1. The van der Waals surface area contributed by atoms with Crippen molar-refractivity contribution in [2.24, 2.45) is 5.73 Å². The van der Waals surface area contributed by atoms with E-state index in [2.05, 4.69) is 11.0 Å². The molecule has 0 unspecified atom stereocenters. The Balaban J connectivity index is 2.67. The van der Waals surface area contributed by atoms with Crippen LogP contribution < -0.4 is 10.6 Å². The first-order chi connectivity index (χ1) is 8.72. The molecule has 0 aliphatic rings. The van der Waals surface area contributed by atoms with Gasteiger partial charge in [-0.15, -0.1) is 0 Å². The van der Waals surface area contributed by atoms with Gasteiger partial charge in [-0.3, -0.25) is 0 Å². The van der Waals surface area contributed by atoms with Crippen molar-refractivity contribution in [3.05, 3.63) is 29.3 Å². The van der Waals surface area contributed by atoms with Crippen LogP contribution in [0.3, 0.4) is 0 Å². The van der Waals surface area contributed by atoms with Gasteiger partial charge in [0.15, 0.2) is 0 Å². The Labute approximate surface area is 109 Å². The molecule has 1 rings (SSSR count). The van der Waals surface area contributed by atoms with Gasteiger partial charge in [-0.25, -0.2) is 0 Å². The number of aliphatic hydroxyl groups excluding tert-OH is 1. The van der Waals surface area contributed by atoms with Gasteiger partial charge >= 0.3 is 0 Å². The van der Waals surface area contributed by atoms with Crippen molar-refractivity contribution >= 4 is 5.69 Å². The number of nitriles is 1. The molecule has 0 saturated heterocycles. The van der Waals surface area contributed by atoms with Crippen molar-refractivity contribution in [3.8, 4) is 6.07 Å². The van der Waals surface area contributed by atoms with Crippen LogP contribution in [0.15, 0.2) is 18.2 Å². The highest BCUT2D eigenvalue weighted by Crippen LogP contribution is 2.20. The number of nitrogens with zero attached hydrogens (tertiary/aromatic N) is 2. The molecular weight excluding hydrogens is 226 g/mol. The maximum atomic E-state index is 9.15. The molecular formula is C14H21N3O. The minimum atomic E-state index is 0.248. The summed E-state index contributed by atoms with van der Waals surface area (Å²) in [6.07, 6.45) is 2.86. The van der Waals surface area contributed by atoms with Gasteiger partial charge in [0.1, 0.15) is 6.07 Å². The van der Waals surface area contributed by atoms with Crippen LogP contribution in [0.4, 0.5) is 5.69 Å². The zero-order chi connectivity index (χ0) is 13.4. The van der Waals surface area contributed by atoms with Crippen molar-refractivity contribution in [3.63, 3.8) is 0 Å². The fourth-order valence-corrected chi connectivity index (χ4v) is 1.89. The Hall–Kier alpha value is -1.57. The van der Waals surface area contributed by atoms with E-state index in [4.69, 9.17) is 16.1 Å². The van der Waals surface area contributed by atoms with Crippen LogP contribution in [0.2, 0.25) is 0 Å². The SMILES string of the molecule is CN(CCCCCO)c1ccc(CN)cc1C#N. The smallest absolute Gasteiger partial charge is 0.101 e. The van der Waals surface area contributed by atoms with Crippen molar-refractivity contribution in [2.75, 3.05) is 25.1 Å². The van der Waals surface area contributed by atoms with Crippen LogP contribution in [0, 0.1) is 11.3 Å². The van der Waals surface area contributed by atoms with Crippen LogP contribution in [0.5, 0.6) is 0 Å². The van der Waals surface area contributed by atoms with Crippen LogP contribution in [-0.2, 0) is 6.54 Å². The zero-order valence-corrected chi connectivity index (χ0v) is 10.9. The highest BCUT2D eigenvalue weighted by molar-refractivity contribution is 5.60. The van der Waals surface area contributed by atoms with E-state index in [0.717, 1.165) is 37.1 Å². The third-order valence-electron chi connectivity index (χ3n) is 2.98. The first-order valence-corrected chi connectivity index (χ1v) is 6.28. The fraction of sp³-hybridized carbons (Fsp3) is 0.500. The van der Waals surface area contributed by atoms with Gasteiger partial charge in [0.25, 0.3) is 0 Å². The summed E-state index contributed by atoms with van der Waals surface area (Å²) in [6, 6.07) is 7.97. The van der Waals surface area contributed by atoms with E-state index in [1.54, 1.807) is 0 Å². The molecule has 0 bridgehead atoms. The van der Waals surface area contributed by atoms with Gasteiger partial charge < -0.3 is 15.7 Å². The Morgan fingerprint density at radius 1 is 1.33 bits per heavy atom. The van der Waals surface area contributed by atoms with Crippen LogP contribution in [0.1, 0.15) is 30.4 Å². The molecule has 4 heteroatoms. The number of anilines is 1. The summed E-state index contributed by atoms with van der Waals surface area (Å²) < 4.78 is 0. The average molecular weight is 247 g/mol. The number of benzene rings is 1. The molecule has 0 heterocycles. The highest BCUT2D eigenvalue weighted by Gasteiger charge is 2.07. The number of hydrogen-bond donors (Lipinski definition) is 2. The number of unbranched alkanes of at least 4 members (excludes halogenated alkanes) is 2. The minimum Gasteiger partial charge on any atom is -0.396 e. The predicted octanol–water partition coefficient (Wildman–Crippen LogP) is 1.62. The number of rotatable bonds is 7. The lowest BCUT2D eigenvalue weighted by Gasteiger charge is -2.20. The van der Waals surface area contributed by atoms with Crippen molar-refractivity contribution in [1.82, 2.24) is 0 Å². The average Bonchev–Trinajstić information content (AvgIpc) is 2.42. The predicted molar refractivity (Wildman–Crippen MR) is 73.3 cm³/mol. The largest absolute Gasteiger partial charge is 0.396 e. The maximum absolute atomic E-state index is 9.15. The van der Waals surface area contributed by atoms with Crippen molar-refractivity contribution in [2.45, 2.75) is 25.8 Å². The van der Waals surface area contributed by atoms with E-state index in [9.17, 15) is 0 Å². The summed E-state index contributed by atoms with van der Waals surface area (Å²) in [6.45, 7) is 1.59. The first kappa shape index (κ1) is 14.5. The van der Waals surface area contributed by atoms with Crippen molar-refractivity contribution in [1.29, 1.82) is 5.26 Å². The highest BCUT2D eigenvalue weighted by atomic mass is 16.2. The van der Waals surface area contributed by atoms with Gasteiger partial charge in [0.2, 0.25) is 0 Å². The Morgan fingerprint density at radius 3 is 2.72 bits per heavy atom. The normalized spacial score (nSPS) is 10.1. The van der Waals surface area contributed by atoms with Gasteiger partial charge in [0, 0.05) is 26.7 Å². The second kappa shape index (κ2) is 7.70. The van der Waals surface area contributed by atoms with Gasteiger partial charge in [-0.2, -0.15) is 5.26 Å². The number of nitrogens with two attached hydrogens (primary N) is 1. The number of hydrogen-bond acceptors (Lipinski definition) is 4. The first-order valence-electron chi connectivity index (χ1n) is 6.28. The second-order valence-corrected chi connectivity index (χ2v) is 4.37. The summed E-state index contributed by atoms with van der Waals surface area (Å²) >= 11 is 0. The minimum absolute atomic E-state index is 0.248. The van der Waals surface area contributed by atoms with E-state index >= 15 is 0 Å². The molecule has 0 aliphatic heterocycles. The van der Waals surface area contributed by atoms with Crippen LogP contribution in [-0.4, -0.2) is 25.3 Å². The lowest BCUT2D eigenvalue weighted by Crippen LogP contribution is -2.19. The molecule has 4 nitrogen and oxygen atoms in total. The lowest BCUT2D eigenvalue weighted by atomic mass is 10.1. The van der Waals surface area contributed by atoms with E-state index in [1.165, 1.54) is 0 Å². The molecule has 0 saturated carbocycles. The molecule has 3 N–H and O–H groups in total. The van der Waals surface area contributed by atoms with E-state index in [1.807, 2.05) is 25.2 Å². The standard InChI is InChI=1S/C14H21N3O/c1-17(7-3-2-4-8-18)14-6-5-12(10-15)9-13(14)11-16/h5-6,9,18H,2-4,7-8,10,15H2,1H3. The quantitative estimate of drug-likeness (QED) is 0.718. The van der Waals surface area contributed by atoms with Crippen LogP contribution >= 0.6 is 0 Å². The monoisotopic (exact) mass is 247 g/mol. The third-order valence-corrected chi connectivity index (χ3v) is 2.98. The molecule has 0 aromatic heterocycles. The Bertz CT molecular complexity index is 412. The molecule has 1 aromatic carbocycles. The molecule has 0 amide bonds. The molecule has 98 valence electrons. The van der Waals surface area contributed by atoms with Gasteiger partial charge in [-0.05, 0) is 37.0 Å². The Morgan fingerprint density at radius 2 is 2.11 bits per heavy atom. The van der Waals surface area contributed by atoms with Gasteiger partial charge in [0.05, 0.1) is 11.3 Å². The molecule has 0 atom stereocenters. The molecule has 0 spiro atoms. The summed E-state index contributed by atoms with van der Waals surface area (Å²) in [4.78, 5) is 2.08. The van der Waals surface area contributed by atoms with E-state index in [-0.39, 0.29) is 6.61 Å². The molecule has 0 aliphatic carbocycles. The summed E-state index contributed by atoms with van der Waals surface area (Å²) in [5.74, 6) is 0. The van der Waals surface area contributed by atoms with Crippen LogP contribution in [0.25, 0.3) is 0 Å². The van der Waals surface area contributed by atoms with Crippen molar-refractivity contribution < 1.29 is 5.11 Å². The third kappa shape index (κ3) is 4.02. The Kier molecular flexibility index (Phi) is 6.20. The molecule has 0 fully saturated rings. The van der Waals surface area contributed by atoms with E-state index in [0.29, 0.717) is 12.1 Å². The lowest BCUT2D eigenvalue weighted by molar-refractivity contribution is 0.283. The topological polar surface area (TPSA) is 73.3 Å². The van der Waals surface area contributed by atoms with E-state index < -0.39 is 0 Å². The summed E-state index contributed by atoms with van der Waals surface area (Å²) in [5, 5.41) is 17.9. The molecule has 1 aromatic rings. The fourth-order valence-electron chi connectivity index (χ4n) is 1.89. The summed E-state index contributed by atoms with van der Waals surface area (Å²) in [5.41, 5.74) is 8.15. The maximum Gasteiger partial charge on any atom is 0.101 e.